The number of hydrogen-bond donors (Lipinski definition) is 2. The van der Waals surface area contributed by atoms with Gasteiger partial charge in [-0.1, -0.05) is 18.0 Å². The molecule has 1 aromatic heterocycles. The quantitative estimate of drug-likeness (QED) is 0.810. The zero-order valence-electron chi connectivity index (χ0n) is 10.5. The molecular weight excluding hydrogens is 250 g/mol. The summed E-state index contributed by atoms with van der Waals surface area (Å²) in [7, 11) is 0. The van der Waals surface area contributed by atoms with Crippen LogP contribution in [0.1, 0.15) is 31.6 Å². The van der Waals surface area contributed by atoms with Gasteiger partial charge < -0.3 is 14.9 Å². The van der Waals surface area contributed by atoms with Crippen molar-refractivity contribution in [3.8, 4) is 0 Å². The third-order valence-electron chi connectivity index (χ3n) is 3.46. The van der Waals surface area contributed by atoms with Crippen LogP contribution in [0.5, 0.6) is 0 Å². The summed E-state index contributed by atoms with van der Waals surface area (Å²) in [5, 5.41) is 15.3. The number of hydrogen-bond acceptors (Lipinski definition) is 5. The second kappa shape index (κ2) is 6.31. The minimum atomic E-state index is -0.878. The lowest BCUT2D eigenvalue weighted by atomic mass is 9.79. The monoisotopic (exact) mass is 267 g/mol. The molecule has 7 nitrogen and oxygen atoms in total. The number of carbonyl (C=O) groups excluding carboxylic acids is 1. The van der Waals surface area contributed by atoms with Crippen LogP contribution in [0.4, 0.5) is 0 Å². The first-order valence-corrected chi connectivity index (χ1v) is 6.44. The van der Waals surface area contributed by atoms with Crippen molar-refractivity contribution in [2.24, 2.45) is 11.8 Å². The molecule has 2 rings (SSSR count). The third kappa shape index (κ3) is 3.52. The average Bonchev–Trinajstić information content (AvgIpc) is 2.91. The Kier molecular flexibility index (Phi) is 4.48. The minimum absolute atomic E-state index is 0.188. The van der Waals surface area contributed by atoms with E-state index in [1.165, 1.54) is 6.33 Å². The maximum Gasteiger partial charge on any atom is 0.307 e. The van der Waals surface area contributed by atoms with E-state index in [1.54, 1.807) is 0 Å². The third-order valence-corrected chi connectivity index (χ3v) is 3.46. The van der Waals surface area contributed by atoms with E-state index in [2.05, 4.69) is 15.5 Å². The van der Waals surface area contributed by atoms with E-state index in [4.69, 9.17) is 9.63 Å². The molecular formula is C12H17N3O4. The van der Waals surface area contributed by atoms with Gasteiger partial charge in [0.05, 0.1) is 11.8 Å². The van der Waals surface area contributed by atoms with Gasteiger partial charge in [-0.2, -0.15) is 4.98 Å². The van der Waals surface area contributed by atoms with Crippen molar-refractivity contribution in [2.45, 2.75) is 32.1 Å². The van der Waals surface area contributed by atoms with Crippen LogP contribution in [-0.2, 0) is 16.0 Å². The van der Waals surface area contributed by atoms with Crippen molar-refractivity contribution >= 4 is 11.9 Å². The maximum atomic E-state index is 12.0. The Morgan fingerprint density at radius 3 is 2.74 bits per heavy atom. The summed E-state index contributed by atoms with van der Waals surface area (Å²) in [6, 6.07) is 0. The van der Waals surface area contributed by atoms with Gasteiger partial charge in [-0.25, -0.2) is 0 Å². The van der Waals surface area contributed by atoms with Crippen LogP contribution in [0.3, 0.4) is 0 Å². The van der Waals surface area contributed by atoms with Crippen molar-refractivity contribution in [1.82, 2.24) is 15.5 Å². The van der Waals surface area contributed by atoms with Gasteiger partial charge in [0, 0.05) is 13.0 Å². The van der Waals surface area contributed by atoms with Crippen LogP contribution in [0.15, 0.2) is 10.9 Å². The molecule has 0 aromatic carbocycles. The Morgan fingerprint density at radius 2 is 2.11 bits per heavy atom. The number of rotatable bonds is 5. The van der Waals surface area contributed by atoms with Gasteiger partial charge in [0.15, 0.2) is 6.33 Å². The molecule has 1 saturated carbocycles. The first kappa shape index (κ1) is 13.5. The van der Waals surface area contributed by atoms with Crippen LogP contribution in [-0.4, -0.2) is 33.7 Å². The summed E-state index contributed by atoms with van der Waals surface area (Å²) < 4.78 is 4.81. The second-order valence-corrected chi connectivity index (χ2v) is 4.71. The highest BCUT2D eigenvalue weighted by Crippen LogP contribution is 2.30. The highest BCUT2D eigenvalue weighted by atomic mass is 16.5. The van der Waals surface area contributed by atoms with Gasteiger partial charge in [0.2, 0.25) is 11.8 Å². The molecule has 19 heavy (non-hydrogen) atoms. The Morgan fingerprint density at radius 1 is 1.37 bits per heavy atom. The smallest absolute Gasteiger partial charge is 0.307 e. The van der Waals surface area contributed by atoms with Crippen LogP contribution in [0.2, 0.25) is 0 Å². The Hall–Kier alpha value is -1.92. The van der Waals surface area contributed by atoms with E-state index < -0.39 is 17.8 Å². The van der Waals surface area contributed by atoms with E-state index in [0.717, 1.165) is 12.8 Å². The number of carboxylic acid groups (broad SMARTS) is 1. The Bertz CT molecular complexity index is 432. The van der Waals surface area contributed by atoms with E-state index in [0.29, 0.717) is 31.7 Å². The van der Waals surface area contributed by atoms with Crippen molar-refractivity contribution in [3.63, 3.8) is 0 Å². The first-order valence-electron chi connectivity index (χ1n) is 6.44. The molecule has 1 amide bonds. The van der Waals surface area contributed by atoms with E-state index in [1.807, 2.05) is 0 Å². The first-order chi connectivity index (χ1) is 9.18. The zero-order chi connectivity index (χ0) is 13.7. The molecule has 0 saturated heterocycles. The number of nitrogens with zero attached hydrogens (tertiary/aromatic N) is 2. The molecule has 104 valence electrons. The van der Waals surface area contributed by atoms with Crippen molar-refractivity contribution in [3.05, 3.63) is 12.2 Å². The lowest BCUT2D eigenvalue weighted by molar-refractivity contribution is -0.148. The number of amides is 1. The topological polar surface area (TPSA) is 105 Å². The number of aromatic nitrogens is 2. The lowest BCUT2D eigenvalue weighted by Crippen LogP contribution is -2.40. The number of aliphatic carboxylic acids is 1. The summed E-state index contributed by atoms with van der Waals surface area (Å²) >= 11 is 0. The van der Waals surface area contributed by atoms with Crippen molar-refractivity contribution < 1.29 is 19.2 Å². The highest BCUT2D eigenvalue weighted by Gasteiger charge is 2.35. The minimum Gasteiger partial charge on any atom is -0.481 e. The highest BCUT2D eigenvalue weighted by molar-refractivity contribution is 5.84. The van der Waals surface area contributed by atoms with Gasteiger partial charge in [0.25, 0.3) is 0 Å². The standard InChI is InChI=1S/C12H17N3O4/c16-11(13-6-5-10-14-7-15-19-10)8-3-1-2-4-9(8)12(17)18/h7-9H,1-6H2,(H,13,16)(H,17,18). The molecule has 0 radical (unpaired) electrons. The maximum absolute atomic E-state index is 12.0. The van der Waals surface area contributed by atoms with Crippen molar-refractivity contribution in [2.75, 3.05) is 6.54 Å². The fourth-order valence-electron chi connectivity index (χ4n) is 2.47. The Labute approximate surface area is 110 Å². The van der Waals surface area contributed by atoms with Gasteiger partial charge in [-0.15, -0.1) is 0 Å². The van der Waals surface area contributed by atoms with Gasteiger partial charge in [-0.05, 0) is 12.8 Å². The van der Waals surface area contributed by atoms with E-state index in [9.17, 15) is 9.59 Å². The number of carbonyl (C=O) groups is 2. The number of carboxylic acids is 1. The van der Waals surface area contributed by atoms with Crippen LogP contribution >= 0.6 is 0 Å². The fourth-order valence-corrected chi connectivity index (χ4v) is 2.47. The summed E-state index contributed by atoms with van der Waals surface area (Å²) in [6.45, 7) is 0.379. The summed E-state index contributed by atoms with van der Waals surface area (Å²) in [5.74, 6) is -1.59. The molecule has 2 unspecified atom stereocenters. The molecule has 1 heterocycles. The Balaban J connectivity index is 1.82. The molecule has 1 aromatic rings. The average molecular weight is 267 g/mol. The second-order valence-electron chi connectivity index (χ2n) is 4.71. The largest absolute Gasteiger partial charge is 0.481 e. The molecule has 1 aliphatic rings. The van der Waals surface area contributed by atoms with Crippen LogP contribution < -0.4 is 5.32 Å². The van der Waals surface area contributed by atoms with E-state index >= 15 is 0 Å². The summed E-state index contributed by atoms with van der Waals surface area (Å²) in [6.07, 6.45) is 4.77. The molecule has 0 spiro atoms. The normalized spacial score (nSPS) is 22.9. The SMILES string of the molecule is O=C(O)C1CCCCC1C(=O)NCCc1ncno1. The predicted octanol–water partition coefficient (Wildman–Crippen LogP) is 0.619. The van der Waals surface area contributed by atoms with Crippen LogP contribution in [0.25, 0.3) is 0 Å². The molecule has 2 N–H and O–H groups in total. The molecule has 1 fully saturated rings. The van der Waals surface area contributed by atoms with E-state index in [-0.39, 0.29) is 5.91 Å². The van der Waals surface area contributed by atoms with Crippen molar-refractivity contribution in [1.29, 1.82) is 0 Å². The summed E-state index contributed by atoms with van der Waals surface area (Å²) in [4.78, 5) is 27.0. The van der Waals surface area contributed by atoms with Gasteiger partial charge in [-0.3, -0.25) is 9.59 Å². The predicted molar refractivity (Wildman–Crippen MR) is 64.1 cm³/mol. The molecule has 0 aliphatic heterocycles. The molecule has 2 atom stereocenters. The van der Waals surface area contributed by atoms with Gasteiger partial charge >= 0.3 is 5.97 Å². The molecule has 0 bridgehead atoms. The fraction of sp³-hybridized carbons (Fsp3) is 0.667. The number of nitrogens with one attached hydrogen (secondary N) is 1. The summed E-state index contributed by atoms with van der Waals surface area (Å²) in [5.41, 5.74) is 0. The molecule has 1 aliphatic carbocycles. The molecule has 7 heteroatoms. The van der Waals surface area contributed by atoms with Crippen LogP contribution in [0, 0.1) is 11.8 Å². The zero-order valence-corrected chi connectivity index (χ0v) is 10.5. The van der Waals surface area contributed by atoms with Gasteiger partial charge in [0.1, 0.15) is 0 Å². The lowest BCUT2D eigenvalue weighted by Gasteiger charge is -2.27.